The van der Waals surface area contributed by atoms with Crippen molar-refractivity contribution in [3.63, 3.8) is 0 Å². The van der Waals surface area contributed by atoms with Gasteiger partial charge in [0.2, 0.25) is 0 Å². The van der Waals surface area contributed by atoms with Crippen molar-refractivity contribution >= 4 is 11.3 Å². The largest absolute Gasteiger partial charge is 0.305 e. The second kappa shape index (κ2) is 5.94. The van der Waals surface area contributed by atoms with Gasteiger partial charge >= 0.3 is 0 Å². The molecule has 0 radical (unpaired) electrons. The predicted octanol–water partition coefficient (Wildman–Crippen LogP) is 3.42. The number of nitrogens with one attached hydrogen (secondary N) is 1. The van der Waals surface area contributed by atoms with E-state index in [1.807, 2.05) is 11.6 Å². The lowest BCUT2D eigenvalue weighted by Crippen LogP contribution is -2.30. The first kappa shape index (κ1) is 12.3. The quantitative estimate of drug-likeness (QED) is 0.874. The molecular weight excluding hydrogens is 228 g/mol. The Morgan fingerprint density at radius 2 is 2.00 bits per heavy atom. The molecule has 2 aromatic rings. The van der Waals surface area contributed by atoms with E-state index in [2.05, 4.69) is 54.5 Å². The summed E-state index contributed by atoms with van der Waals surface area (Å²) >= 11 is 1.71. The zero-order valence-corrected chi connectivity index (χ0v) is 11.1. The van der Waals surface area contributed by atoms with Crippen LogP contribution in [0.15, 0.2) is 41.9 Å². The maximum absolute atomic E-state index is 4.33. The minimum Gasteiger partial charge on any atom is -0.305 e. The summed E-state index contributed by atoms with van der Waals surface area (Å²) in [6.45, 7) is 4.39. The number of aromatic nitrogens is 1. The highest BCUT2D eigenvalue weighted by atomic mass is 32.1. The zero-order valence-electron chi connectivity index (χ0n) is 10.3. The summed E-state index contributed by atoms with van der Waals surface area (Å²) in [4.78, 5) is 4.33. The van der Waals surface area contributed by atoms with Gasteiger partial charge in [0.25, 0.3) is 0 Å². The lowest BCUT2D eigenvalue weighted by atomic mass is 10.1. The maximum atomic E-state index is 4.33. The standard InChI is InChI=1S/C14H18N2S/c1-11(10-13-6-4-3-5-7-13)16-12(2)14-15-8-9-17-14/h3-9,11-12,16H,10H2,1-2H3. The van der Waals surface area contributed by atoms with Crippen molar-refractivity contribution in [2.75, 3.05) is 0 Å². The van der Waals surface area contributed by atoms with E-state index in [4.69, 9.17) is 0 Å². The van der Waals surface area contributed by atoms with Gasteiger partial charge in [0.05, 0.1) is 6.04 Å². The Morgan fingerprint density at radius 3 is 2.65 bits per heavy atom. The van der Waals surface area contributed by atoms with Gasteiger partial charge in [0.15, 0.2) is 0 Å². The van der Waals surface area contributed by atoms with E-state index in [1.54, 1.807) is 11.3 Å². The fourth-order valence-electron chi connectivity index (χ4n) is 1.97. The third-order valence-corrected chi connectivity index (χ3v) is 3.70. The van der Waals surface area contributed by atoms with E-state index in [-0.39, 0.29) is 0 Å². The van der Waals surface area contributed by atoms with Crippen molar-refractivity contribution in [1.29, 1.82) is 0 Å². The average Bonchev–Trinajstić information content (AvgIpc) is 2.83. The molecule has 2 rings (SSSR count). The van der Waals surface area contributed by atoms with Gasteiger partial charge in [-0.15, -0.1) is 11.3 Å². The summed E-state index contributed by atoms with van der Waals surface area (Å²) in [5.74, 6) is 0. The first-order chi connectivity index (χ1) is 8.25. The van der Waals surface area contributed by atoms with Crippen LogP contribution in [0.25, 0.3) is 0 Å². The SMILES string of the molecule is CC(Cc1ccccc1)NC(C)c1nccs1. The van der Waals surface area contributed by atoms with Crippen LogP contribution in [0, 0.1) is 0 Å². The third-order valence-electron chi connectivity index (χ3n) is 2.74. The highest BCUT2D eigenvalue weighted by molar-refractivity contribution is 7.09. The molecule has 2 atom stereocenters. The maximum Gasteiger partial charge on any atom is 0.109 e. The Morgan fingerprint density at radius 1 is 1.24 bits per heavy atom. The lowest BCUT2D eigenvalue weighted by Gasteiger charge is -2.18. The smallest absolute Gasteiger partial charge is 0.109 e. The third kappa shape index (κ3) is 3.65. The predicted molar refractivity (Wildman–Crippen MR) is 73.3 cm³/mol. The second-order valence-corrected chi connectivity index (χ2v) is 5.28. The van der Waals surface area contributed by atoms with Crippen LogP contribution in [0.2, 0.25) is 0 Å². The molecule has 0 saturated carbocycles. The van der Waals surface area contributed by atoms with Crippen molar-refractivity contribution < 1.29 is 0 Å². The number of benzene rings is 1. The molecule has 0 bridgehead atoms. The highest BCUT2D eigenvalue weighted by Gasteiger charge is 2.11. The summed E-state index contributed by atoms with van der Waals surface area (Å²) in [6, 6.07) is 11.4. The van der Waals surface area contributed by atoms with Gasteiger partial charge in [-0.05, 0) is 25.8 Å². The zero-order chi connectivity index (χ0) is 12.1. The van der Waals surface area contributed by atoms with Crippen LogP contribution in [0.1, 0.15) is 30.5 Å². The topological polar surface area (TPSA) is 24.9 Å². The van der Waals surface area contributed by atoms with Gasteiger partial charge in [-0.3, -0.25) is 0 Å². The molecule has 3 heteroatoms. The van der Waals surface area contributed by atoms with Crippen molar-refractivity contribution in [3.05, 3.63) is 52.5 Å². The molecule has 1 N–H and O–H groups in total. The van der Waals surface area contributed by atoms with Gasteiger partial charge in [-0.1, -0.05) is 30.3 Å². The molecule has 0 saturated heterocycles. The van der Waals surface area contributed by atoms with E-state index in [0.29, 0.717) is 12.1 Å². The summed E-state index contributed by atoms with van der Waals surface area (Å²) in [5, 5.41) is 6.76. The fraction of sp³-hybridized carbons (Fsp3) is 0.357. The molecule has 2 nitrogen and oxygen atoms in total. The normalized spacial score (nSPS) is 14.5. The first-order valence-corrected chi connectivity index (χ1v) is 6.83. The molecule has 0 spiro atoms. The average molecular weight is 246 g/mol. The molecule has 0 aliphatic carbocycles. The van der Waals surface area contributed by atoms with E-state index in [0.717, 1.165) is 11.4 Å². The van der Waals surface area contributed by atoms with E-state index < -0.39 is 0 Å². The molecule has 1 aromatic heterocycles. The number of rotatable bonds is 5. The number of thiazole rings is 1. The van der Waals surface area contributed by atoms with Crippen LogP contribution < -0.4 is 5.32 Å². The van der Waals surface area contributed by atoms with E-state index in [9.17, 15) is 0 Å². The number of hydrogen-bond acceptors (Lipinski definition) is 3. The first-order valence-electron chi connectivity index (χ1n) is 5.95. The second-order valence-electron chi connectivity index (χ2n) is 4.35. The summed E-state index contributed by atoms with van der Waals surface area (Å²) in [5.41, 5.74) is 1.37. The van der Waals surface area contributed by atoms with Crippen LogP contribution in [-0.2, 0) is 6.42 Å². The van der Waals surface area contributed by atoms with Crippen molar-refractivity contribution in [3.8, 4) is 0 Å². The molecule has 17 heavy (non-hydrogen) atoms. The van der Waals surface area contributed by atoms with Crippen molar-refractivity contribution in [2.24, 2.45) is 0 Å². The molecule has 1 heterocycles. The van der Waals surface area contributed by atoms with Gasteiger partial charge in [-0.2, -0.15) is 0 Å². The van der Waals surface area contributed by atoms with Crippen LogP contribution in [0.4, 0.5) is 0 Å². The minimum absolute atomic E-state index is 0.328. The molecule has 0 aliphatic heterocycles. The number of hydrogen-bond donors (Lipinski definition) is 1. The van der Waals surface area contributed by atoms with E-state index >= 15 is 0 Å². The molecular formula is C14H18N2S. The minimum atomic E-state index is 0.328. The fourth-order valence-corrected chi connectivity index (χ4v) is 2.63. The molecule has 90 valence electrons. The summed E-state index contributed by atoms with van der Waals surface area (Å²) in [6.07, 6.45) is 2.91. The Hall–Kier alpha value is -1.19. The Kier molecular flexibility index (Phi) is 4.29. The molecule has 1 aromatic carbocycles. The van der Waals surface area contributed by atoms with Gasteiger partial charge in [0, 0.05) is 17.6 Å². The van der Waals surface area contributed by atoms with Crippen molar-refractivity contribution in [2.45, 2.75) is 32.4 Å². The Labute approximate surface area is 107 Å². The van der Waals surface area contributed by atoms with E-state index in [1.165, 1.54) is 5.56 Å². The lowest BCUT2D eigenvalue weighted by molar-refractivity contribution is 0.476. The monoisotopic (exact) mass is 246 g/mol. The summed E-state index contributed by atoms with van der Waals surface area (Å²) in [7, 11) is 0. The molecule has 2 unspecified atom stereocenters. The van der Waals surface area contributed by atoms with Gasteiger partial charge in [0.1, 0.15) is 5.01 Å². The summed E-state index contributed by atoms with van der Waals surface area (Å²) < 4.78 is 0. The Balaban J connectivity index is 1.87. The highest BCUT2D eigenvalue weighted by Crippen LogP contribution is 2.16. The Bertz CT molecular complexity index is 425. The number of nitrogens with zero attached hydrogens (tertiary/aromatic N) is 1. The van der Waals surface area contributed by atoms with Crippen molar-refractivity contribution in [1.82, 2.24) is 10.3 Å². The van der Waals surface area contributed by atoms with Gasteiger partial charge in [-0.25, -0.2) is 4.98 Å². The van der Waals surface area contributed by atoms with Gasteiger partial charge < -0.3 is 5.32 Å². The molecule has 0 amide bonds. The molecule has 0 aliphatic rings. The van der Waals surface area contributed by atoms with Crippen LogP contribution >= 0.6 is 11.3 Å². The van der Waals surface area contributed by atoms with Crippen LogP contribution in [-0.4, -0.2) is 11.0 Å². The van der Waals surface area contributed by atoms with Crippen LogP contribution in [0.5, 0.6) is 0 Å². The molecule has 0 fully saturated rings. The van der Waals surface area contributed by atoms with Crippen LogP contribution in [0.3, 0.4) is 0 Å².